The maximum atomic E-state index is 13.0. The molecule has 1 fully saturated rings. The molecule has 2 unspecified atom stereocenters. The molecule has 30 heavy (non-hydrogen) atoms. The Balaban J connectivity index is 1.46. The molecule has 0 aliphatic carbocycles. The molecular formula is C22H26N6O2. The van der Waals surface area contributed by atoms with Gasteiger partial charge < -0.3 is 20.7 Å². The van der Waals surface area contributed by atoms with Crippen molar-refractivity contribution < 1.29 is 9.53 Å². The third-order valence-corrected chi connectivity index (χ3v) is 5.27. The lowest BCUT2D eigenvalue weighted by atomic mass is 10.1. The van der Waals surface area contributed by atoms with E-state index < -0.39 is 0 Å². The zero-order valence-corrected chi connectivity index (χ0v) is 17.2. The summed E-state index contributed by atoms with van der Waals surface area (Å²) in [5.41, 5.74) is 9.14. The number of likely N-dealkylation sites (N-methyl/N-ethyl adjacent to an activating group) is 1. The molecule has 1 saturated heterocycles. The highest BCUT2D eigenvalue weighted by atomic mass is 16.5. The van der Waals surface area contributed by atoms with Gasteiger partial charge in [0.2, 0.25) is 0 Å². The summed E-state index contributed by atoms with van der Waals surface area (Å²) in [6, 6.07) is 11.6. The van der Waals surface area contributed by atoms with Gasteiger partial charge in [-0.05, 0) is 18.7 Å². The van der Waals surface area contributed by atoms with Crippen molar-refractivity contribution in [2.45, 2.75) is 18.8 Å². The molecule has 1 aliphatic rings. The summed E-state index contributed by atoms with van der Waals surface area (Å²) in [5.74, 6) is -0.0485. The zero-order chi connectivity index (χ0) is 21.1. The van der Waals surface area contributed by atoms with Crippen LogP contribution in [0.25, 0.3) is 11.1 Å². The number of rotatable bonds is 6. The van der Waals surface area contributed by atoms with E-state index in [1.54, 1.807) is 23.1 Å². The molecule has 3 N–H and O–H groups in total. The van der Waals surface area contributed by atoms with E-state index in [4.69, 9.17) is 10.5 Å². The van der Waals surface area contributed by atoms with Gasteiger partial charge in [0.15, 0.2) is 0 Å². The van der Waals surface area contributed by atoms with Gasteiger partial charge >= 0.3 is 0 Å². The number of ether oxygens (including phenoxy) is 1. The predicted molar refractivity (Wildman–Crippen MR) is 115 cm³/mol. The van der Waals surface area contributed by atoms with Crippen LogP contribution in [0.15, 0.2) is 55.0 Å². The maximum Gasteiger partial charge on any atom is 0.255 e. The van der Waals surface area contributed by atoms with Gasteiger partial charge in [-0.15, -0.1) is 0 Å². The number of anilines is 1. The molecule has 4 rings (SSSR count). The molecule has 2 atom stereocenters. The minimum absolute atomic E-state index is 0.102. The van der Waals surface area contributed by atoms with E-state index in [2.05, 4.69) is 20.3 Å². The molecule has 1 aromatic carbocycles. The standard InChI is InChI=1S/C22H26N6O2/c1-27-12-19(20(13-27)30-14-15-6-4-3-5-7-15)26-22(29)18-8-16(9-24-21(18)23)17-10-25-28(2)11-17/h3-11,19-20H,12-14H2,1-2H3,(H2,23,24)(H,26,29). The number of likely N-dealkylation sites (tertiary alicyclic amines) is 1. The first-order valence-electron chi connectivity index (χ1n) is 9.89. The third kappa shape index (κ3) is 4.50. The van der Waals surface area contributed by atoms with Gasteiger partial charge in [0.25, 0.3) is 5.91 Å². The minimum Gasteiger partial charge on any atom is -0.383 e. The first-order valence-corrected chi connectivity index (χ1v) is 9.89. The van der Waals surface area contributed by atoms with Crippen molar-refractivity contribution in [2.24, 2.45) is 7.05 Å². The van der Waals surface area contributed by atoms with Crippen molar-refractivity contribution in [3.8, 4) is 11.1 Å². The second-order valence-electron chi connectivity index (χ2n) is 7.70. The summed E-state index contributed by atoms with van der Waals surface area (Å²) >= 11 is 0. The fourth-order valence-corrected chi connectivity index (χ4v) is 3.68. The molecule has 0 saturated carbocycles. The van der Waals surface area contributed by atoms with E-state index >= 15 is 0 Å². The van der Waals surface area contributed by atoms with Crippen LogP contribution < -0.4 is 11.1 Å². The number of aryl methyl sites for hydroxylation is 1. The molecule has 3 aromatic rings. The van der Waals surface area contributed by atoms with Crippen LogP contribution in [-0.4, -0.2) is 57.9 Å². The number of hydrogen-bond donors (Lipinski definition) is 2. The number of aromatic nitrogens is 3. The molecule has 3 heterocycles. The first-order chi connectivity index (χ1) is 14.5. The highest BCUT2D eigenvalue weighted by molar-refractivity contribution is 5.99. The van der Waals surface area contributed by atoms with Crippen molar-refractivity contribution in [1.29, 1.82) is 0 Å². The van der Waals surface area contributed by atoms with E-state index in [1.165, 1.54) is 0 Å². The number of nitrogens with zero attached hydrogens (tertiary/aromatic N) is 4. The van der Waals surface area contributed by atoms with Crippen LogP contribution in [0.1, 0.15) is 15.9 Å². The Labute approximate surface area is 175 Å². The molecule has 1 aliphatic heterocycles. The maximum absolute atomic E-state index is 13.0. The number of nitrogens with one attached hydrogen (secondary N) is 1. The summed E-state index contributed by atoms with van der Waals surface area (Å²) in [7, 11) is 3.86. The largest absolute Gasteiger partial charge is 0.383 e. The quantitative estimate of drug-likeness (QED) is 0.647. The van der Waals surface area contributed by atoms with E-state index in [9.17, 15) is 4.79 Å². The first kappa shape index (κ1) is 20.1. The summed E-state index contributed by atoms with van der Waals surface area (Å²) < 4.78 is 7.82. The molecule has 1 amide bonds. The molecule has 0 radical (unpaired) electrons. The van der Waals surface area contributed by atoms with E-state index in [0.717, 1.165) is 23.2 Å². The molecule has 0 bridgehead atoms. The normalized spacial score (nSPS) is 19.1. The summed E-state index contributed by atoms with van der Waals surface area (Å²) in [5, 5.41) is 7.26. The Morgan fingerprint density at radius 2 is 2.00 bits per heavy atom. The van der Waals surface area contributed by atoms with E-state index in [-0.39, 0.29) is 23.9 Å². The summed E-state index contributed by atoms with van der Waals surface area (Å²) in [6.45, 7) is 1.97. The Bertz CT molecular complexity index is 1020. The molecule has 156 valence electrons. The monoisotopic (exact) mass is 406 g/mol. The van der Waals surface area contributed by atoms with E-state index in [1.807, 2.05) is 50.6 Å². The highest BCUT2D eigenvalue weighted by Gasteiger charge is 2.33. The van der Waals surface area contributed by atoms with Gasteiger partial charge in [-0.2, -0.15) is 5.10 Å². The van der Waals surface area contributed by atoms with Crippen molar-refractivity contribution in [2.75, 3.05) is 25.9 Å². The molecule has 8 nitrogen and oxygen atoms in total. The number of benzene rings is 1. The number of hydrogen-bond acceptors (Lipinski definition) is 6. The molecule has 8 heteroatoms. The Kier molecular flexibility index (Phi) is 5.78. The number of nitrogen functional groups attached to an aromatic ring is 1. The van der Waals surface area contributed by atoms with Gasteiger partial charge in [-0.3, -0.25) is 9.48 Å². The van der Waals surface area contributed by atoms with Gasteiger partial charge in [0, 0.05) is 43.7 Å². The topological polar surface area (TPSA) is 98.3 Å². The Morgan fingerprint density at radius 3 is 2.73 bits per heavy atom. The van der Waals surface area contributed by atoms with Crippen LogP contribution in [0.2, 0.25) is 0 Å². The van der Waals surface area contributed by atoms with Gasteiger partial charge in [0.1, 0.15) is 5.82 Å². The Morgan fingerprint density at radius 1 is 1.20 bits per heavy atom. The lowest BCUT2D eigenvalue weighted by molar-refractivity contribution is 0.0323. The van der Waals surface area contributed by atoms with Crippen molar-refractivity contribution in [3.63, 3.8) is 0 Å². The number of carbonyl (C=O) groups excluding carboxylic acids is 1. The summed E-state index contributed by atoms with van der Waals surface area (Å²) in [4.78, 5) is 19.4. The lowest BCUT2D eigenvalue weighted by Crippen LogP contribution is -2.44. The Hall–Kier alpha value is -3.23. The molecular weight excluding hydrogens is 380 g/mol. The fraction of sp³-hybridized carbons (Fsp3) is 0.318. The highest BCUT2D eigenvalue weighted by Crippen LogP contribution is 2.22. The van der Waals surface area contributed by atoms with Crippen LogP contribution in [-0.2, 0) is 18.4 Å². The fourth-order valence-electron chi connectivity index (χ4n) is 3.68. The second kappa shape index (κ2) is 8.64. The summed E-state index contributed by atoms with van der Waals surface area (Å²) in [6.07, 6.45) is 5.15. The number of amides is 1. The number of pyridine rings is 1. The second-order valence-corrected chi connectivity index (χ2v) is 7.70. The van der Waals surface area contributed by atoms with Crippen LogP contribution in [0.3, 0.4) is 0 Å². The smallest absolute Gasteiger partial charge is 0.255 e. The lowest BCUT2D eigenvalue weighted by Gasteiger charge is -2.21. The minimum atomic E-state index is -0.251. The van der Waals surface area contributed by atoms with Crippen LogP contribution in [0.4, 0.5) is 5.82 Å². The predicted octanol–water partition coefficient (Wildman–Crippen LogP) is 1.69. The van der Waals surface area contributed by atoms with Crippen LogP contribution in [0, 0.1) is 0 Å². The van der Waals surface area contributed by atoms with Gasteiger partial charge in [-0.25, -0.2) is 4.98 Å². The van der Waals surface area contributed by atoms with Crippen LogP contribution >= 0.6 is 0 Å². The van der Waals surface area contributed by atoms with Crippen molar-refractivity contribution in [1.82, 2.24) is 25.0 Å². The molecule has 2 aromatic heterocycles. The average Bonchev–Trinajstić information content (AvgIpc) is 3.32. The number of carbonyl (C=O) groups is 1. The SMILES string of the molecule is CN1CC(NC(=O)c2cc(-c3cnn(C)c3)cnc2N)C(OCc2ccccc2)C1. The molecule has 0 spiro atoms. The number of nitrogens with two attached hydrogens (primary N) is 1. The zero-order valence-electron chi connectivity index (χ0n) is 17.2. The van der Waals surface area contributed by atoms with Gasteiger partial charge in [-0.1, -0.05) is 30.3 Å². The third-order valence-electron chi connectivity index (χ3n) is 5.27. The average molecular weight is 406 g/mol. The van der Waals surface area contributed by atoms with Crippen molar-refractivity contribution in [3.05, 3.63) is 66.1 Å². The van der Waals surface area contributed by atoms with E-state index in [0.29, 0.717) is 18.7 Å². The van der Waals surface area contributed by atoms with Crippen molar-refractivity contribution >= 4 is 11.7 Å². The van der Waals surface area contributed by atoms with Gasteiger partial charge in [0.05, 0.1) is 30.5 Å². The van der Waals surface area contributed by atoms with Crippen LogP contribution in [0.5, 0.6) is 0 Å².